The zero-order valence-electron chi connectivity index (χ0n) is 15.2. The van der Waals surface area contributed by atoms with Gasteiger partial charge in [-0.3, -0.25) is 14.4 Å². The number of carbonyl (C=O) groups is 3. The SMILES string of the molecule is CC(=O)Nc1ccc(N(CCC(=O)N2CCCC(C)C2)C(C)=O)cc1. The van der Waals surface area contributed by atoms with E-state index in [9.17, 15) is 14.4 Å². The van der Waals surface area contributed by atoms with Crippen LogP contribution in [0.1, 0.15) is 40.0 Å². The Labute approximate surface area is 149 Å². The van der Waals surface area contributed by atoms with Gasteiger partial charge in [-0.05, 0) is 43.0 Å². The smallest absolute Gasteiger partial charge is 0.224 e. The molecule has 6 heteroatoms. The van der Waals surface area contributed by atoms with E-state index in [2.05, 4.69) is 12.2 Å². The minimum atomic E-state index is -0.141. The van der Waals surface area contributed by atoms with Crippen molar-refractivity contribution >= 4 is 29.1 Å². The van der Waals surface area contributed by atoms with Crippen molar-refractivity contribution in [2.75, 3.05) is 29.9 Å². The number of likely N-dealkylation sites (tertiary alicyclic amines) is 1. The van der Waals surface area contributed by atoms with E-state index >= 15 is 0 Å². The molecule has 1 atom stereocenters. The molecule has 0 spiro atoms. The van der Waals surface area contributed by atoms with Crippen molar-refractivity contribution in [2.45, 2.75) is 40.0 Å². The Morgan fingerprint density at radius 2 is 1.88 bits per heavy atom. The number of hydrogen-bond acceptors (Lipinski definition) is 3. The molecule has 6 nitrogen and oxygen atoms in total. The molecule has 1 unspecified atom stereocenters. The van der Waals surface area contributed by atoms with Crippen molar-refractivity contribution in [3.63, 3.8) is 0 Å². The lowest BCUT2D eigenvalue weighted by Gasteiger charge is -2.31. The van der Waals surface area contributed by atoms with Crippen LogP contribution >= 0.6 is 0 Å². The number of amides is 3. The molecular formula is C19H27N3O3. The number of anilines is 2. The number of nitrogens with one attached hydrogen (secondary N) is 1. The lowest BCUT2D eigenvalue weighted by atomic mass is 10.00. The lowest BCUT2D eigenvalue weighted by Crippen LogP contribution is -2.41. The molecule has 0 aromatic heterocycles. The van der Waals surface area contributed by atoms with Gasteiger partial charge in [0.15, 0.2) is 0 Å². The van der Waals surface area contributed by atoms with Crippen molar-refractivity contribution in [3.05, 3.63) is 24.3 Å². The highest BCUT2D eigenvalue weighted by Gasteiger charge is 2.22. The molecule has 0 radical (unpaired) electrons. The molecule has 1 aliphatic heterocycles. The molecule has 1 aromatic rings. The van der Waals surface area contributed by atoms with Gasteiger partial charge in [-0.15, -0.1) is 0 Å². The molecule has 136 valence electrons. The normalized spacial score (nSPS) is 17.1. The number of nitrogens with zero attached hydrogens (tertiary/aromatic N) is 2. The molecule has 3 amide bonds. The zero-order chi connectivity index (χ0) is 18.4. The Balaban J connectivity index is 1.97. The summed E-state index contributed by atoms with van der Waals surface area (Å²) >= 11 is 0. The quantitative estimate of drug-likeness (QED) is 0.892. The van der Waals surface area contributed by atoms with Crippen LogP contribution in [0.5, 0.6) is 0 Å². The first kappa shape index (κ1) is 19.0. The van der Waals surface area contributed by atoms with E-state index in [1.807, 2.05) is 4.90 Å². The van der Waals surface area contributed by atoms with Crippen LogP contribution in [0.15, 0.2) is 24.3 Å². The van der Waals surface area contributed by atoms with Gasteiger partial charge in [0.25, 0.3) is 0 Å². The first-order valence-electron chi connectivity index (χ1n) is 8.80. The predicted octanol–water partition coefficient (Wildman–Crippen LogP) is 2.65. The maximum atomic E-state index is 12.4. The molecule has 0 bridgehead atoms. The van der Waals surface area contributed by atoms with Crippen molar-refractivity contribution in [1.82, 2.24) is 4.90 Å². The molecule has 1 aromatic carbocycles. The fraction of sp³-hybridized carbons (Fsp3) is 0.526. The average molecular weight is 345 g/mol. The van der Waals surface area contributed by atoms with Gasteiger partial charge in [-0.2, -0.15) is 0 Å². The van der Waals surface area contributed by atoms with Crippen LogP contribution in [0.4, 0.5) is 11.4 Å². The van der Waals surface area contributed by atoms with E-state index in [-0.39, 0.29) is 17.7 Å². The van der Waals surface area contributed by atoms with Crippen molar-refractivity contribution < 1.29 is 14.4 Å². The molecule has 1 fully saturated rings. The van der Waals surface area contributed by atoms with Crippen LogP contribution in [0.25, 0.3) is 0 Å². The number of hydrogen-bond donors (Lipinski definition) is 1. The summed E-state index contributed by atoms with van der Waals surface area (Å²) in [5, 5.41) is 2.69. The highest BCUT2D eigenvalue weighted by atomic mass is 16.2. The molecule has 2 rings (SSSR count). The van der Waals surface area contributed by atoms with Crippen LogP contribution in [-0.4, -0.2) is 42.3 Å². The van der Waals surface area contributed by atoms with E-state index in [0.717, 1.165) is 25.2 Å². The number of carbonyl (C=O) groups excluding carboxylic acids is 3. The van der Waals surface area contributed by atoms with E-state index in [4.69, 9.17) is 0 Å². The summed E-state index contributed by atoms with van der Waals surface area (Å²) in [6.07, 6.45) is 2.54. The topological polar surface area (TPSA) is 69.7 Å². The second kappa shape index (κ2) is 8.65. The Morgan fingerprint density at radius 1 is 1.20 bits per heavy atom. The Hall–Kier alpha value is -2.37. The average Bonchev–Trinajstić information content (AvgIpc) is 2.55. The monoisotopic (exact) mass is 345 g/mol. The summed E-state index contributed by atoms with van der Waals surface area (Å²) in [6, 6.07) is 7.06. The number of benzene rings is 1. The number of rotatable bonds is 5. The Morgan fingerprint density at radius 3 is 2.44 bits per heavy atom. The fourth-order valence-corrected chi connectivity index (χ4v) is 3.18. The molecule has 1 saturated heterocycles. The summed E-state index contributed by atoms with van der Waals surface area (Å²) in [7, 11) is 0. The maximum Gasteiger partial charge on any atom is 0.224 e. The minimum Gasteiger partial charge on any atom is -0.342 e. The zero-order valence-corrected chi connectivity index (χ0v) is 15.2. The van der Waals surface area contributed by atoms with Crippen LogP contribution in [0, 0.1) is 5.92 Å². The van der Waals surface area contributed by atoms with Crippen LogP contribution in [-0.2, 0) is 14.4 Å². The van der Waals surface area contributed by atoms with E-state index < -0.39 is 0 Å². The van der Waals surface area contributed by atoms with Gasteiger partial charge in [0.2, 0.25) is 17.7 Å². The van der Waals surface area contributed by atoms with Crippen molar-refractivity contribution in [3.8, 4) is 0 Å². The van der Waals surface area contributed by atoms with Crippen LogP contribution in [0.3, 0.4) is 0 Å². The van der Waals surface area contributed by atoms with Gasteiger partial charge in [0.1, 0.15) is 0 Å². The van der Waals surface area contributed by atoms with Crippen LogP contribution in [0.2, 0.25) is 0 Å². The van der Waals surface area contributed by atoms with Gasteiger partial charge in [0.05, 0.1) is 0 Å². The third-order valence-corrected chi connectivity index (χ3v) is 4.44. The highest BCUT2D eigenvalue weighted by Crippen LogP contribution is 2.20. The van der Waals surface area contributed by atoms with Gasteiger partial charge in [-0.1, -0.05) is 6.92 Å². The second-order valence-electron chi connectivity index (χ2n) is 6.74. The number of piperidine rings is 1. The van der Waals surface area contributed by atoms with Crippen molar-refractivity contribution in [1.29, 1.82) is 0 Å². The van der Waals surface area contributed by atoms with Gasteiger partial charge in [-0.25, -0.2) is 0 Å². The van der Waals surface area contributed by atoms with E-state index in [1.165, 1.54) is 20.3 Å². The largest absolute Gasteiger partial charge is 0.342 e. The summed E-state index contributed by atoms with van der Waals surface area (Å²) in [4.78, 5) is 39.0. The molecule has 1 heterocycles. The Kier molecular flexibility index (Phi) is 6.56. The minimum absolute atomic E-state index is 0.104. The molecule has 25 heavy (non-hydrogen) atoms. The fourth-order valence-electron chi connectivity index (χ4n) is 3.18. The second-order valence-corrected chi connectivity index (χ2v) is 6.74. The third kappa shape index (κ3) is 5.59. The molecule has 1 aliphatic rings. The summed E-state index contributed by atoms with van der Waals surface area (Å²) in [6.45, 7) is 7.09. The molecule has 1 N–H and O–H groups in total. The molecule has 0 saturated carbocycles. The van der Waals surface area contributed by atoms with E-state index in [0.29, 0.717) is 24.6 Å². The first-order valence-corrected chi connectivity index (χ1v) is 8.80. The first-order chi connectivity index (χ1) is 11.9. The van der Waals surface area contributed by atoms with Crippen molar-refractivity contribution in [2.24, 2.45) is 5.92 Å². The summed E-state index contributed by atoms with van der Waals surface area (Å²) in [5.41, 5.74) is 1.40. The van der Waals surface area contributed by atoms with Gasteiger partial charge in [0, 0.05) is 51.3 Å². The summed E-state index contributed by atoms with van der Waals surface area (Å²) < 4.78 is 0. The molecular weight excluding hydrogens is 318 g/mol. The molecule has 0 aliphatic carbocycles. The lowest BCUT2D eigenvalue weighted by molar-refractivity contribution is -0.132. The standard InChI is InChI=1S/C19H27N3O3/c1-14-5-4-11-21(13-14)19(25)10-12-22(16(3)24)18-8-6-17(7-9-18)20-15(2)23/h6-9,14H,4-5,10-13H2,1-3H3,(H,20,23). The van der Waals surface area contributed by atoms with Gasteiger partial charge >= 0.3 is 0 Å². The van der Waals surface area contributed by atoms with E-state index in [1.54, 1.807) is 29.2 Å². The summed E-state index contributed by atoms with van der Waals surface area (Å²) in [5.74, 6) is 0.403. The predicted molar refractivity (Wildman–Crippen MR) is 98.4 cm³/mol. The maximum absolute atomic E-state index is 12.4. The third-order valence-electron chi connectivity index (χ3n) is 4.44. The van der Waals surface area contributed by atoms with Gasteiger partial charge < -0.3 is 15.1 Å². The van der Waals surface area contributed by atoms with Crippen LogP contribution < -0.4 is 10.2 Å². The Bertz CT molecular complexity index is 627. The highest BCUT2D eigenvalue weighted by molar-refractivity contribution is 5.93.